The SMILES string of the molecule is CC(C)CCOCCn1cc(Cl)c([N+](=O)[O-])n1. The van der Waals surface area contributed by atoms with Gasteiger partial charge in [-0.15, -0.1) is 0 Å². The van der Waals surface area contributed by atoms with Gasteiger partial charge in [-0.2, -0.15) is 4.68 Å². The lowest BCUT2D eigenvalue weighted by Crippen LogP contribution is -2.08. The van der Waals surface area contributed by atoms with Crippen LogP contribution in [0.25, 0.3) is 0 Å². The van der Waals surface area contributed by atoms with Crippen molar-refractivity contribution >= 4 is 17.4 Å². The van der Waals surface area contributed by atoms with Crippen LogP contribution >= 0.6 is 11.6 Å². The van der Waals surface area contributed by atoms with Crippen LogP contribution in [-0.2, 0) is 11.3 Å². The molecule has 0 radical (unpaired) electrons. The predicted octanol–water partition coefficient (Wildman–Crippen LogP) is 2.51. The molecule has 0 amide bonds. The van der Waals surface area contributed by atoms with Crippen LogP contribution in [0.5, 0.6) is 0 Å². The van der Waals surface area contributed by atoms with Gasteiger partial charge in [0.2, 0.25) is 0 Å². The number of rotatable bonds is 7. The van der Waals surface area contributed by atoms with Gasteiger partial charge in [0, 0.05) is 6.61 Å². The number of ether oxygens (including phenoxy) is 1. The van der Waals surface area contributed by atoms with Gasteiger partial charge in [0.05, 0.1) is 24.4 Å². The minimum absolute atomic E-state index is 0.0529. The molecule has 96 valence electrons. The average molecular weight is 262 g/mol. The molecule has 1 rings (SSSR count). The Morgan fingerprint density at radius 1 is 1.59 bits per heavy atom. The van der Waals surface area contributed by atoms with Crippen molar-refractivity contribution in [1.29, 1.82) is 0 Å². The van der Waals surface area contributed by atoms with Crippen LogP contribution in [0.3, 0.4) is 0 Å². The van der Waals surface area contributed by atoms with Crippen LogP contribution in [0.2, 0.25) is 5.02 Å². The van der Waals surface area contributed by atoms with Crippen molar-refractivity contribution in [2.45, 2.75) is 26.8 Å². The number of hydrogen-bond acceptors (Lipinski definition) is 4. The molecule has 0 aliphatic carbocycles. The molecule has 0 saturated heterocycles. The Bertz CT molecular complexity index is 379. The van der Waals surface area contributed by atoms with E-state index in [9.17, 15) is 10.1 Å². The molecule has 0 N–H and O–H groups in total. The van der Waals surface area contributed by atoms with E-state index in [0.717, 1.165) is 6.42 Å². The number of nitrogens with zero attached hydrogens (tertiary/aromatic N) is 3. The normalized spacial score (nSPS) is 11.1. The zero-order valence-corrected chi connectivity index (χ0v) is 10.7. The van der Waals surface area contributed by atoms with Crippen LogP contribution in [0.4, 0.5) is 5.82 Å². The van der Waals surface area contributed by atoms with Gasteiger partial charge in [-0.1, -0.05) is 25.4 Å². The van der Waals surface area contributed by atoms with Crippen molar-refractivity contribution < 1.29 is 9.66 Å². The van der Waals surface area contributed by atoms with Crippen LogP contribution in [0, 0.1) is 16.0 Å². The third-order valence-corrected chi connectivity index (χ3v) is 2.44. The molecule has 17 heavy (non-hydrogen) atoms. The standard InChI is InChI=1S/C10H16ClN3O3/c1-8(2)3-5-17-6-4-13-7-9(11)10(12-13)14(15)16/h7-8H,3-6H2,1-2H3. The van der Waals surface area contributed by atoms with E-state index >= 15 is 0 Å². The molecule has 7 heteroatoms. The van der Waals surface area contributed by atoms with E-state index in [4.69, 9.17) is 16.3 Å². The number of aromatic nitrogens is 2. The third kappa shape index (κ3) is 4.70. The fourth-order valence-electron chi connectivity index (χ4n) is 1.20. The number of nitro groups is 1. The maximum absolute atomic E-state index is 10.5. The molecule has 1 aromatic heterocycles. The Morgan fingerprint density at radius 2 is 2.29 bits per heavy atom. The molecule has 0 saturated carbocycles. The highest BCUT2D eigenvalue weighted by molar-refractivity contribution is 6.32. The Labute approximate surface area is 105 Å². The van der Waals surface area contributed by atoms with Crippen molar-refractivity contribution in [2.24, 2.45) is 5.92 Å². The van der Waals surface area contributed by atoms with E-state index in [0.29, 0.717) is 25.7 Å². The van der Waals surface area contributed by atoms with E-state index in [2.05, 4.69) is 18.9 Å². The first kappa shape index (κ1) is 13.9. The van der Waals surface area contributed by atoms with Crippen molar-refractivity contribution in [3.63, 3.8) is 0 Å². The Hall–Kier alpha value is -1.14. The van der Waals surface area contributed by atoms with Crippen LogP contribution in [0.1, 0.15) is 20.3 Å². The molecular weight excluding hydrogens is 246 g/mol. The van der Waals surface area contributed by atoms with Crippen molar-refractivity contribution in [1.82, 2.24) is 9.78 Å². The third-order valence-electron chi connectivity index (χ3n) is 2.18. The highest BCUT2D eigenvalue weighted by Gasteiger charge is 2.18. The first-order chi connectivity index (χ1) is 8.00. The first-order valence-electron chi connectivity index (χ1n) is 5.45. The van der Waals surface area contributed by atoms with E-state index in [1.165, 1.54) is 10.9 Å². The van der Waals surface area contributed by atoms with Crippen molar-refractivity contribution in [3.8, 4) is 0 Å². The molecular formula is C10H16ClN3O3. The lowest BCUT2D eigenvalue weighted by Gasteiger charge is -2.04. The molecule has 0 unspecified atom stereocenters. The smallest absolute Gasteiger partial charge is 0.379 e. The summed E-state index contributed by atoms with van der Waals surface area (Å²) in [4.78, 5) is 9.90. The van der Waals surface area contributed by atoms with Gasteiger partial charge in [-0.3, -0.25) is 0 Å². The Kier molecular flexibility index (Phi) is 5.37. The predicted molar refractivity (Wildman–Crippen MR) is 64.2 cm³/mol. The van der Waals surface area contributed by atoms with Gasteiger partial charge in [-0.05, 0) is 17.3 Å². The molecule has 0 aliphatic heterocycles. The number of hydrogen-bond donors (Lipinski definition) is 0. The summed E-state index contributed by atoms with van der Waals surface area (Å²) < 4.78 is 6.81. The minimum atomic E-state index is -0.599. The van der Waals surface area contributed by atoms with Crippen LogP contribution in [0.15, 0.2) is 6.20 Å². The second kappa shape index (κ2) is 6.56. The van der Waals surface area contributed by atoms with E-state index in [1.54, 1.807) is 0 Å². The summed E-state index contributed by atoms with van der Waals surface area (Å²) in [7, 11) is 0. The molecule has 0 bridgehead atoms. The number of halogens is 1. The van der Waals surface area contributed by atoms with E-state index < -0.39 is 4.92 Å². The topological polar surface area (TPSA) is 70.2 Å². The van der Waals surface area contributed by atoms with Crippen molar-refractivity contribution in [3.05, 3.63) is 21.3 Å². The largest absolute Gasteiger partial charge is 0.408 e. The summed E-state index contributed by atoms with van der Waals surface area (Å²) in [6.45, 7) is 5.88. The van der Waals surface area contributed by atoms with Gasteiger partial charge >= 0.3 is 5.82 Å². The molecule has 0 aliphatic rings. The minimum Gasteiger partial charge on any atom is -0.379 e. The summed E-state index contributed by atoms with van der Waals surface area (Å²) in [5.74, 6) is 0.295. The molecule has 0 atom stereocenters. The average Bonchev–Trinajstić information content (AvgIpc) is 2.59. The summed E-state index contributed by atoms with van der Waals surface area (Å²) in [5.41, 5.74) is 0. The molecule has 0 aromatic carbocycles. The lowest BCUT2D eigenvalue weighted by molar-refractivity contribution is -0.389. The summed E-state index contributed by atoms with van der Waals surface area (Å²) in [6.07, 6.45) is 2.44. The van der Waals surface area contributed by atoms with E-state index in [1.807, 2.05) is 0 Å². The Morgan fingerprint density at radius 3 is 2.82 bits per heavy atom. The molecule has 1 aromatic rings. The second-order valence-corrected chi connectivity index (χ2v) is 4.52. The second-order valence-electron chi connectivity index (χ2n) is 4.12. The maximum atomic E-state index is 10.5. The first-order valence-corrected chi connectivity index (χ1v) is 5.83. The summed E-state index contributed by atoms with van der Waals surface area (Å²) in [6, 6.07) is 0. The highest BCUT2D eigenvalue weighted by Crippen LogP contribution is 2.20. The summed E-state index contributed by atoms with van der Waals surface area (Å²) >= 11 is 5.66. The van der Waals surface area contributed by atoms with Gasteiger partial charge in [0.25, 0.3) is 0 Å². The van der Waals surface area contributed by atoms with Crippen LogP contribution in [-0.4, -0.2) is 27.9 Å². The monoisotopic (exact) mass is 261 g/mol. The molecule has 0 spiro atoms. The Balaban J connectivity index is 2.32. The highest BCUT2D eigenvalue weighted by atomic mass is 35.5. The zero-order valence-electron chi connectivity index (χ0n) is 9.93. The van der Waals surface area contributed by atoms with E-state index in [-0.39, 0.29) is 10.8 Å². The quantitative estimate of drug-likeness (QED) is 0.430. The fraction of sp³-hybridized carbons (Fsp3) is 0.700. The molecule has 1 heterocycles. The molecule has 0 fully saturated rings. The van der Waals surface area contributed by atoms with Gasteiger partial charge in [0.1, 0.15) is 0 Å². The molecule has 6 nitrogen and oxygen atoms in total. The summed E-state index contributed by atoms with van der Waals surface area (Å²) in [5, 5.41) is 14.3. The van der Waals surface area contributed by atoms with Gasteiger partial charge in [0.15, 0.2) is 5.02 Å². The van der Waals surface area contributed by atoms with Gasteiger partial charge in [-0.25, -0.2) is 0 Å². The van der Waals surface area contributed by atoms with Crippen molar-refractivity contribution in [2.75, 3.05) is 13.2 Å². The van der Waals surface area contributed by atoms with Gasteiger partial charge < -0.3 is 14.9 Å². The van der Waals surface area contributed by atoms with Crippen LogP contribution < -0.4 is 0 Å². The maximum Gasteiger partial charge on any atom is 0.408 e. The fourth-order valence-corrected chi connectivity index (χ4v) is 1.42. The zero-order chi connectivity index (χ0) is 12.8. The lowest BCUT2D eigenvalue weighted by atomic mass is 10.1.